The zero-order valence-corrected chi connectivity index (χ0v) is 10.7. The topological polar surface area (TPSA) is 37.8 Å². The Morgan fingerprint density at radius 2 is 2.07 bits per heavy atom. The lowest BCUT2D eigenvalue weighted by Crippen LogP contribution is -2.14. The zero-order chi connectivity index (χ0) is 11.1. The Kier molecular flexibility index (Phi) is 5.61. The fourth-order valence-electron chi connectivity index (χ4n) is 1.52. The summed E-state index contributed by atoms with van der Waals surface area (Å²) in [5.74, 6) is 0. The molecule has 1 atom stereocenters. The average Bonchev–Trinajstić information content (AvgIpc) is 2.59. The SMILES string of the molecule is CCCCCCC(C)Nc1nnc(C)s1. The van der Waals surface area contributed by atoms with Crippen LogP contribution in [0, 0.1) is 6.92 Å². The van der Waals surface area contributed by atoms with Crippen molar-refractivity contribution in [3.8, 4) is 0 Å². The Bertz CT molecular complexity index is 273. The Balaban J connectivity index is 2.15. The van der Waals surface area contributed by atoms with Gasteiger partial charge in [-0.1, -0.05) is 43.9 Å². The van der Waals surface area contributed by atoms with Crippen LogP contribution in [0.4, 0.5) is 5.13 Å². The first-order valence-electron chi connectivity index (χ1n) is 5.79. The molecular formula is C11H21N3S. The molecule has 15 heavy (non-hydrogen) atoms. The van der Waals surface area contributed by atoms with Crippen LogP contribution in [-0.2, 0) is 0 Å². The summed E-state index contributed by atoms with van der Waals surface area (Å²) >= 11 is 1.63. The number of hydrogen-bond acceptors (Lipinski definition) is 4. The van der Waals surface area contributed by atoms with Crippen molar-refractivity contribution in [1.82, 2.24) is 10.2 Å². The van der Waals surface area contributed by atoms with Crippen LogP contribution in [0.1, 0.15) is 51.0 Å². The Hall–Kier alpha value is -0.640. The largest absolute Gasteiger partial charge is 0.358 e. The van der Waals surface area contributed by atoms with Crippen molar-refractivity contribution in [1.29, 1.82) is 0 Å². The molecule has 1 aromatic heterocycles. The summed E-state index contributed by atoms with van der Waals surface area (Å²) in [6.45, 7) is 6.43. The van der Waals surface area contributed by atoms with E-state index in [2.05, 4.69) is 29.4 Å². The number of hydrogen-bond donors (Lipinski definition) is 1. The van der Waals surface area contributed by atoms with Crippen LogP contribution in [0.15, 0.2) is 0 Å². The van der Waals surface area contributed by atoms with E-state index >= 15 is 0 Å². The molecule has 3 nitrogen and oxygen atoms in total. The highest BCUT2D eigenvalue weighted by atomic mass is 32.1. The van der Waals surface area contributed by atoms with Gasteiger partial charge in [-0.25, -0.2) is 0 Å². The molecule has 4 heteroatoms. The van der Waals surface area contributed by atoms with Gasteiger partial charge in [-0.15, -0.1) is 10.2 Å². The van der Waals surface area contributed by atoms with E-state index in [1.54, 1.807) is 11.3 Å². The second kappa shape index (κ2) is 6.77. The van der Waals surface area contributed by atoms with Crippen LogP contribution >= 0.6 is 11.3 Å². The third-order valence-corrected chi connectivity index (χ3v) is 3.16. The van der Waals surface area contributed by atoms with Crippen molar-refractivity contribution in [2.24, 2.45) is 0 Å². The van der Waals surface area contributed by atoms with Gasteiger partial charge in [0.2, 0.25) is 5.13 Å². The molecule has 0 spiro atoms. The molecule has 0 aromatic carbocycles. The molecule has 0 saturated carbocycles. The van der Waals surface area contributed by atoms with Crippen LogP contribution in [0.2, 0.25) is 0 Å². The Morgan fingerprint density at radius 1 is 1.27 bits per heavy atom. The van der Waals surface area contributed by atoms with Gasteiger partial charge in [-0.05, 0) is 20.3 Å². The van der Waals surface area contributed by atoms with Crippen molar-refractivity contribution >= 4 is 16.5 Å². The molecule has 1 N–H and O–H groups in total. The van der Waals surface area contributed by atoms with Crippen molar-refractivity contribution in [3.63, 3.8) is 0 Å². The minimum Gasteiger partial charge on any atom is -0.358 e. The van der Waals surface area contributed by atoms with Crippen LogP contribution in [0.25, 0.3) is 0 Å². The smallest absolute Gasteiger partial charge is 0.205 e. The van der Waals surface area contributed by atoms with Gasteiger partial charge in [0.15, 0.2) is 0 Å². The normalized spacial score (nSPS) is 12.7. The summed E-state index contributed by atoms with van der Waals surface area (Å²) in [6.07, 6.45) is 6.53. The average molecular weight is 227 g/mol. The molecule has 1 aromatic rings. The van der Waals surface area contributed by atoms with Crippen LogP contribution in [-0.4, -0.2) is 16.2 Å². The Morgan fingerprint density at radius 3 is 2.67 bits per heavy atom. The van der Waals surface area contributed by atoms with E-state index in [1.807, 2.05) is 6.92 Å². The van der Waals surface area contributed by atoms with Crippen molar-refractivity contribution in [2.45, 2.75) is 58.9 Å². The summed E-state index contributed by atoms with van der Waals surface area (Å²) in [7, 11) is 0. The first-order chi connectivity index (χ1) is 7.22. The standard InChI is InChI=1S/C11H21N3S/c1-4-5-6-7-8-9(2)12-11-14-13-10(3)15-11/h9H,4-8H2,1-3H3,(H,12,14). The molecule has 1 rings (SSSR count). The minimum atomic E-state index is 0.509. The summed E-state index contributed by atoms with van der Waals surface area (Å²) in [6, 6.07) is 0.509. The van der Waals surface area contributed by atoms with Gasteiger partial charge < -0.3 is 5.32 Å². The molecule has 0 bridgehead atoms. The van der Waals surface area contributed by atoms with Crippen LogP contribution in [0.5, 0.6) is 0 Å². The number of rotatable bonds is 7. The number of nitrogens with one attached hydrogen (secondary N) is 1. The fourth-order valence-corrected chi connectivity index (χ4v) is 2.22. The van der Waals surface area contributed by atoms with E-state index in [0.717, 1.165) is 10.1 Å². The zero-order valence-electron chi connectivity index (χ0n) is 9.92. The molecule has 1 heterocycles. The number of aryl methyl sites for hydroxylation is 1. The van der Waals surface area contributed by atoms with E-state index in [-0.39, 0.29) is 0 Å². The van der Waals surface area contributed by atoms with E-state index in [9.17, 15) is 0 Å². The predicted octanol–water partition coefficient (Wildman–Crippen LogP) is 3.62. The summed E-state index contributed by atoms with van der Waals surface area (Å²) < 4.78 is 0. The summed E-state index contributed by atoms with van der Waals surface area (Å²) in [5.41, 5.74) is 0. The first kappa shape index (κ1) is 12.4. The Labute approximate surface area is 96.3 Å². The van der Waals surface area contributed by atoms with Gasteiger partial charge >= 0.3 is 0 Å². The highest BCUT2D eigenvalue weighted by Gasteiger charge is 2.05. The van der Waals surface area contributed by atoms with E-state index in [1.165, 1.54) is 32.1 Å². The maximum atomic E-state index is 4.06. The van der Waals surface area contributed by atoms with Crippen LogP contribution in [0.3, 0.4) is 0 Å². The molecule has 0 aliphatic heterocycles. The van der Waals surface area contributed by atoms with Crippen molar-refractivity contribution in [2.75, 3.05) is 5.32 Å². The third-order valence-electron chi connectivity index (χ3n) is 2.39. The molecule has 0 aliphatic carbocycles. The number of nitrogens with zero attached hydrogens (tertiary/aromatic N) is 2. The highest BCUT2D eigenvalue weighted by Crippen LogP contribution is 2.16. The molecule has 86 valence electrons. The van der Waals surface area contributed by atoms with E-state index in [0.29, 0.717) is 6.04 Å². The number of unbranched alkanes of at least 4 members (excludes halogenated alkanes) is 3. The lowest BCUT2D eigenvalue weighted by molar-refractivity contribution is 0.593. The molecule has 1 unspecified atom stereocenters. The van der Waals surface area contributed by atoms with E-state index < -0.39 is 0 Å². The minimum absolute atomic E-state index is 0.509. The quantitative estimate of drug-likeness (QED) is 0.723. The fraction of sp³-hybridized carbons (Fsp3) is 0.818. The molecule has 0 fully saturated rings. The maximum absolute atomic E-state index is 4.06. The monoisotopic (exact) mass is 227 g/mol. The van der Waals surface area contributed by atoms with Gasteiger partial charge in [0.25, 0.3) is 0 Å². The van der Waals surface area contributed by atoms with Gasteiger partial charge in [-0.3, -0.25) is 0 Å². The lowest BCUT2D eigenvalue weighted by atomic mass is 10.1. The van der Waals surface area contributed by atoms with Gasteiger partial charge in [0.05, 0.1) is 0 Å². The predicted molar refractivity (Wildman–Crippen MR) is 66.5 cm³/mol. The maximum Gasteiger partial charge on any atom is 0.205 e. The first-order valence-corrected chi connectivity index (χ1v) is 6.60. The molecule has 0 aliphatic rings. The van der Waals surface area contributed by atoms with Gasteiger partial charge in [0, 0.05) is 6.04 Å². The molecular weight excluding hydrogens is 206 g/mol. The molecule has 0 saturated heterocycles. The van der Waals surface area contributed by atoms with E-state index in [4.69, 9.17) is 0 Å². The molecule has 0 amide bonds. The summed E-state index contributed by atoms with van der Waals surface area (Å²) in [5, 5.41) is 13.4. The van der Waals surface area contributed by atoms with Crippen LogP contribution < -0.4 is 5.32 Å². The second-order valence-electron chi connectivity index (χ2n) is 4.02. The molecule has 0 radical (unpaired) electrons. The van der Waals surface area contributed by atoms with Crippen molar-refractivity contribution < 1.29 is 0 Å². The lowest BCUT2D eigenvalue weighted by Gasteiger charge is -2.11. The highest BCUT2D eigenvalue weighted by molar-refractivity contribution is 7.15. The van der Waals surface area contributed by atoms with Gasteiger partial charge in [-0.2, -0.15) is 0 Å². The summed E-state index contributed by atoms with van der Waals surface area (Å²) in [4.78, 5) is 0. The second-order valence-corrected chi connectivity index (χ2v) is 5.20. The van der Waals surface area contributed by atoms with Gasteiger partial charge in [0.1, 0.15) is 5.01 Å². The van der Waals surface area contributed by atoms with Crippen molar-refractivity contribution in [3.05, 3.63) is 5.01 Å². The third kappa shape index (κ3) is 5.11. The number of aromatic nitrogens is 2. The number of anilines is 1.